The van der Waals surface area contributed by atoms with Gasteiger partial charge in [-0.2, -0.15) is 13.2 Å². The summed E-state index contributed by atoms with van der Waals surface area (Å²) in [6.07, 6.45) is -4.46. The minimum Gasteiger partial charge on any atom is -0.451 e. The van der Waals surface area contributed by atoms with Crippen LogP contribution in [0.2, 0.25) is 0 Å². The number of amides is 2. The number of furan rings is 1. The van der Waals surface area contributed by atoms with Crippen LogP contribution >= 0.6 is 0 Å². The maximum absolute atomic E-state index is 12.9. The van der Waals surface area contributed by atoms with Crippen LogP contribution < -0.4 is 10.6 Å². The van der Waals surface area contributed by atoms with Crippen molar-refractivity contribution in [3.63, 3.8) is 0 Å². The third-order valence-electron chi connectivity index (χ3n) is 4.50. The lowest BCUT2D eigenvalue weighted by Crippen LogP contribution is -2.22. The van der Waals surface area contributed by atoms with Gasteiger partial charge in [-0.15, -0.1) is 0 Å². The standard InChI is InChI=1S/C23H21F3N2O3/c1-14(2)21(29)28-18-8-6-15(7-9-18)13-27-22(30)20-11-10-19(31-20)16-4-3-5-17(12-16)23(24,25)26/h3-12,14H,13H2,1-2H3,(H,27,30)(H,28,29). The van der Waals surface area contributed by atoms with Crippen molar-refractivity contribution in [2.24, 2.45) is 5.92 Å². The Kier molecular flexibility index (Phi) is 6.48. The molecule has 0 saturated heterocycles. The zero-order chi connectivity index (χ0) is 22.6. The smallest absolute Gasteiger partial charge is 0.416 e. The highest BCUT2D eigenvalue weighted by molar-refractivity contribution is 5.92. The van der Waals surface area contributed by atoms with Crippen LogP contribution in [0, 0.1) is 5.92 Å². The number of rotatable bonds is 6. The maximum Gasteiger partial charge on any atom is 0.416 e. The van der Waals surface area contributed by atoms with E-state index in [1.165, 1.54) is 24.3 Å². The Morgan fingerprint density at radius 3 is 2.35 bits per heavy atom. The van der Waals surface area contributed by atoms with Gasteiger partial charge >= 0.3 is 6.18 Å². The largest absolute Gasteiger partial charge is 0.451 e. The Labute approximate surface area is 177 Å². The van der Waals surface area contributed by atoms with Crippen LogP contribution in [-0.4, -0.2) is 11.8 Å². The molecule has 1 aromatic heterocycles. The van der Waals surface area contributed by atoms with Crippen molar-refractivity contribution in [1.82, 2.24) is 5.32 Å². The lowest BCUT2D eigenvalue weighted by atomic mass is 10.1. The van der Waals surface area contributed by atoms with E-state index in [1.54, 1.807) is 38.1 Å². The van der Waals surface area contributed by atoms with Crippen LogP contribution in [0.3, 0.4) is 0 Å². The minimum atomic E-state index is -4.46. The van der Waals surface area contributed by atoms with Gasteiger partial charge in [0, 0.05) is 23.7 Å². The normalized spacial score (nSPS) is 11.4. The van der Waals surface area contributed by atoms with Gasteiger partial charge in [-0.3, -0.25) is 9.59 Å². The van der Waals surface area contributed by atoms with E-state index in [2.05, 4.69) is 10.6 Å². The van der Waals surface area contributed by atoms with Gasteiger partial charge in [0.15, 0.2) is 5.76 Å². The first-order valence-electron chi connectivity index (χ1n) is 9.59. The third-order valence-corrected chi connectivity index (χ3v) is 4.50. The van der Waals surface area contributed by atoms with E-state index >= 15 is 0 Å². The molecule has 0 unspecified atom stereocenters. The lowest BCUT2D eigenvalue weighted by Gasteiger charge is -2.09. The zero-order valence-electron chi connectivity index (χ0n) is 16.9. The molecule has 3 aromatic rings. The Bertz CT molecular complexity index is 1070. The molecule has 0 aliphatic carbocycles. The van der Waals surface area contributed by atoms with Gasteiger partial charge < -0.3 is 15.1 Å². The second-order valence-electron chi connectivity index (χ2n) is 7.27. The molecule has 162 valence electrons. The quantitative estimate of drug-likeness (QED) is 0.543. The van der Waals surface area contributed by atoms with Crippen molar-refractivity contribution < 1.29 is 27.2 Å². The van der Waals surface area contributed by atoms with Crippen LogP contribution in [0.1, 0.15) is 35.5 Å². The summed E-state index contributed by atoms with van der Waals surface area (Å²) < 4.78 is 44.1. The van der Waals surface area contributed by atoms with Crippen molar-refractivity contribution in [2.75, 3.05) is 5.32 Å². The molecule has 0 bridgehead atoms. The van der Waals surface area contributed by atoms with E-state index in [4.69, 9.17) is 4.42 Å². The monoisotopic (exact) mass is 430 g/mol. The fourth-order valence-corrected chi connectivity index (χ4v) is 2.73. The fraction of sp³-hybridized carbons (Fsp3) is 0.217. The predicted octanol–water partition coefficient (Wildman–Crippen LogP) is 5.49. The topological polar surface area (TPSA) is 71.3 Å². The molecule has 2 N–H and O–H groups in total. The van der Waals surface area contributed by atoms with Gasteiger partial charge in [0.2, 0.25) is 5.91 Å². The van der Waals surface area contributed by atoms with E-state index in [9.17, 15) is 22.8 Å². The molecule has 1 heterocycles. The SMILES string of the molecule is CC(C)C(=O)Nc1ccc(CNC(=O)c2ccc(-c3cccc(C(F)(F)F)c3)o2)cc1. The number of carbonyl (C=O) groups excluding carboxylic acids is 2. The Hall–Kier alpha value is -3.55. The average molecular weight is 430 g/mol. The number of hydrogen-bond acceptors (Lipinski definition) is 3. The summed E-state index contributed by atoms with van der Waals surface area (Å²) in [6, 6.07) is 14.6. The average Bonchev–Trinajstić information content (AvgIpc) is 3.23. The molecule has 2 aromatic carbocycles. The van der Waals surface area contributed by atoms with Crippen molar-refractivity contribution >= 4 is 17.5 Å². The molecule has 8 heteroatoms. The van der Waals surface area contributed by atoms with Crippen LogP contribution in [-0.2, 0) is 17.5 Å². The van der Waals surface area contributed by atoms with Crippen LogP contribution in [0.15, 0.2) is 65.1 Å². The molecule has 0 aliphatic heterocycles. The molecule has 2 amide bonds. The van der Waals surface area contributed by atoms with Crippen molar-refractivity contribution in [1.29, 1.82) is 0 Å². The first-order valence-corrected chi connectivity index (χ1v) is 9.59. The molecule has 5 nitrogen and oxygen atoms in total. The number of hydrogen-bond donors (Lipinski definition) is 2. The molecule has 3 rings (SSSR count). The number of benzene rings is 2. The predicted molar refractivity (Wildman–Crippen MR) is 110 cm³/mol. The number of carbonyl (C=O) groups is 2. The molecule has 31 heavy (non-hydrogen) atoms. The molecule has 0 aliphatic rings. The van der Waals surface area contributed by atoms with Crippen LogP contribution in [0.25, 0.3) is 11.3 Å². The van der Waals surface area contributed by atoms with Crippen molar-refractivity contribution in [2.45, 2.75) is 26.6 Å². The molecule has 0 atom stereocenters. The van der Waals surface area contributed by atoms with E-state index in [0.717, 1.165) is 17.7 Å². The summed E-state index contributed by atoms with van der Waals surface area (Å²) in [7, 11) is 0. The summed E-state index contributed by atoms with van der Waals surface area (Å²) in [5.74, 6) is -0.548. The van der Waals surface area contributed by atoms with Gasteiger partial charge in [0.25, 0.3) is 5.91 Å². The summed E-state index contributed by atoms with van der Waals surface area (Å²) >= 11 is 0. The fourth-order valence-electron chi connectivity index (χ4n) is 2.73. The van der Waals surface area contributed by atoms with Gasteiger partial charge in [-0.1, -0.05) is 38.1 Å². The minimum absolute atomic E-state index is 0.00627. The summed E-state index contributed by atoms with van der Waals surface area (Å²) in [5.41, 5.74) is 0.902. The lowest BCUT2D eigenvalue weighted by molar-refractivity contribution is -0.137. The number of halogens is 3. The summed E-state index contributed by atoms with van der Waals surface area (Å²) in [5, 5.41) is 5.47. The van der Waals surface area contributed by atoms with E-state index < -0.39 is 17.6 Å². The summed E-state index contributed by atoms with van der Waals surface area (Å²) in [4.78, 5) is 24.0. The zero-order valence-corrected chi connectivity index (χ0v) is 16.9. The third kappa shape index (κ3) is 5.75. The van der Waals surface area contributed by atoms with Crippen molar-refractivity contribution in [3.05, 3.63) is 77.6 Å². The van der Waals surface area contributed by atoms with E-state index in [-0.39, 0.29) is 35.5 Å². The van der Waals surface area contributed by atoms with Gasteiger partial charge in [0.05, 0.1) is 5.56 Å². The molecule has 0 saturated carbocycles. The number of nitrogens with one attached hydrogen (secondary N) is 2. The first kappa shape index (κ1) is 22.1. The second kappa shape index (κ2) is 9.07. The highest BCUT2D eigenvalue weighted by Crippen LogP contribution is 2.32. The Balaban J connectivity index is 1.61. The van der Waals surface area contributed by atoms with Gasteiger partial charge in [-0.25, -0.2) is 0 Å². The highest BCUT2D eigenvalue weighted by Gasteiger charge is 2.30. The Morgan fingerprint density at radius 2 is 1.71 bits per heavy atom. The molecule has 0 fully saturated rings. The first-order chi connectivity index (χ1) is 14.6. The molecular formula is C23H21F3N2O3. The second-order valence-corrected chi connectivity index (χ2v) is 7.27. The molecule has 0 spiro atoms. The van der Waals surface area contributed by atoms with Crippen LogP contribution in [0.4, 0.5) is 18.9 Å². The highest BCUT2D eigenvalue weighted by atomic mass is 19.4. The van der Waals surface area contributed by atoms with E-state index in [1.807, 2.05) is 0 Å². The van der Waals surface area contributed by atoms with Gasteiger partial charge in [-0.05, 0) is 42.0 Å². The van der Waals surface area contributed by atoms with Crippen molar-refractivity contribution in [3.8, 4) is 11.3 Å². The molecule has 0 radical (unpaired) electrons. The summed E-state index contributed by atoms with van der Waals surface area (Å²) in [6.45, 7) is 3.81. The molecular weight excluding hydrogens is 409 g/mol. The maximum atomic E-state index is 12.9. The van der Waals surface area contributed by atoms with Crippen LogP contribution in [0.5, 0.6) is 0 Å². The Morgan fingerprint density at radius 1 is 1.00 bits per heavy atom. The number of alkyl halides is 3. The van der Waals surface area contributed by atoms with Gasteiger partial charge in [0.1, 0.15) is 5.76 Å². The van der Waals surface area contributed by atoms with E-state index in [0.29, 0.717) is 5.69 Å². The number of anilines is 1.